The molecule has 0 radical (unpaired) electrons. The van der Waals surface area contributed by atoms with Crippen molar-refractivity contribution in [3.05, 3.63) is 99.0 Å². The second kappa shape index (κ2) is 10.4. The van der Waals surface area contributed by atoms with Gasteiger partial charge in [0.05, 0.1) is 19.2 Å². The third-order valence-electron chi connectivity index (χ3n) is 6.68. The Morgan fingerprint density at radius 1 is 1.00 bits per heavy atom. The molecule has 0 aliphatic carbocycles. The number of fused-ring (bicyclic) bond motifs is 1. The van der Waals surface area contributed by atoms with E-state index in [4.69, 9.17) is 21.3 Å². The normalized spacial score (nSPS) is 11.1. The van der Waals surface area contributed by atoms with Crippen molar-refractivity contribution >= 4 is 50.8 Å². The lowest BCUT2D eigenvalue weighted by Gasteiger charge is -2.18. The fraction of sp³-hybridized carbons (Fsp3) is 0.167. The van der Waals surface area contributed by atoms with Gasteiger partial charge in [-0.05, 0) is 86.0 Å². The van der Waals surface area contributed by atoms with Crippen LogP contribution in [0.3, 0.4) is 0 Å². The van der Waals surface area contributed by atoms with Gasteiger partial charge in [-0.3, -0.25) is 9.59 Å². The Morgan fingerprint density at radius 3 is 2.47 bits per heavy atom. The summed E-state index contributed by atoms with van der Waals surface area (Å²) in [6, 6.07) is 18.3. The molecule has 0 aliphatic rings. The molecule has 1 N–H and O–H groups in total. The number of halogens is 1. The molecule has 5 rings (SSSR count). The number of ether oxygens (including phenoxy) is 1. The van der Waals surface area contributed by atoms with E-state index in [2.05, 4.69) is 18.0 Å². The van der Waals surface area contributed by atoms with E-state index in [0.29, 0.717) is 27.2 Å². The Bertz CT molecular complexity index is 1670. The highest BCUT2D eigenvalue weighted by Crippen LogP contribution is 2.32. The smallest absolute Gasteiger partial charge is 0.266 e. The van der Waals surface area contributed by atoms with E-state index < -0.39 is 5.91 Å². The number of hydrogen-bond acceptors (Lipinski definition) is 5. The van der Waals surface area contributed by atoms with Gasteiger partial charge >= 0.3 is 0 Å². The van der Waals surface area contributed by atoms with Gasteiger partial charge in [-0.15, -0.1) is 11.3 Å². The molecule has 0 atom stereocenters. The topological polar surface area (TPSA) is 75.3 Å². The largest absolute Gasteiger partial charge is 0.497 e. The van der Waals surface area contributed by atoms with E-state index in [1.54, 1.807) is 31.4 Å². The summed E-state index contributed by atoms with van der Waals surface area (Å²) in [4.78, 5) is 36.8. The lowest BCUT2D eigenvalue weighted by atomic mass is 10.1. The van der Waals surface area contributed by atoms with Crippen LogP contribution in [0.15, 0.2) is 66.0 Å². The summed E-state index contributed by atoms with van der Waals surface area (Å²) in [5.74, 6) is -0.141. The zero-order valence-corrected chi connectivity index (χ0v) is 23.0. The SMILES string of the molecule is COc1ccc2[nH]c(C)c(CC(=O)N(C(=O)c3ccc(Cl)cc3)c3nc(-c4ccc(C)c(C)c4)cs3)c2c1. The fourth-order valence-corrected chi connectivity index (χ4v) is 5.35. The number of carbonyl (C=O) groups is 2. The molecule has 2 heterocycles. The van der Waals surface area contributed by atoms with E-state index >= 15 is 0 Å². The molecular formula is C30H26ClN3O3S. The molecule has 0 bridgehead atoms. The van der Waals surface area contributed by atoms with Gasteiger partial charge < -0.3 is 9.72 Å². The minimum atomic E-state index is -0.456. The first-order valence-electron chi connectivity index (χ1n) is 12.1. The van der Waals surface area contributed by atoms with Crippen molar-refractivity contribution in [2.75, 3.05) is 12.0 Å². The molecule has 0 saturated heterocycles. The second-order valence-electron chi connectivity index (χ2n) is 9.17. The highest BCUT2D eigenvalue weighted by atomic mass is 35.5. The number of amides is 2. The number of carbonyl (C=O) groups excluding carboxylic acids is 2. The molecule has 0 saturated carbocycles. The quantitative estimate of drug-likeness (QED) is 0.244. The van der Waals surface area contributed by atoms with Crippen LogP contribution in [0.4, 0.5) is 5.13 Å². The number of aromatic nitrogens is 2. The first-order chi connectivity index (χ1) is 18.2. The number of H-pyrrole nitrogens is 1. The molecule has 0 spiro atoms. The van der Waals surface area contributed by atoms with E-state index in [9.17, 15) is 9.59 Å². The van der Waals surface area contributed by atoms with Gasteiger partial charge in [0.25, 0.3) is 5.91 Å². The molecule has 3 aromatic carbocycles. The molecule has 0 fully saturated rings. The molecule has 2 amide bonds. The van der Waals surface area contributed by atoms with Crippen LogP contribution < -0.4 is 9.64 Å². The molecule has 38 heavy (non-hydrogen) atoms. The van der Waals surface area contributed by atoms with Crippen molar-refractivity contribution in [3.63, 3.8) is 0 Å². The number of aromatic amines is 1. The van der Waals surface area contributed by atoms with Crippen LogP contribution in [-0.2, 0) is 11.2 Å². The van der Waals surface area contributed by atoms with E-state index in [-0.39, 0.29) is 12.3 Å². The van der Waals surface area contributed by atoms with Crippen molar-refractivity contribution < 1.29 is 14.3 Å². The van der Waals surface area contributed by atoms with Crippen molar-refractivity contribution in [1.29, 1.82) is 0 Å². The summed E-state index contributed by atoms with van der Waals surface area (Å²) in [5.41, 5.74) is 6.89. The summed E-state index contributed by atoms with van der Waals surface area (Å²) in [6.45, 7) is 6.02. The fourth-order valence-electron chi connectivity index (χ4n) is 4.38. The molecule has 0 unspecified atom stereocenters. The van der Waals surface area contributed by atoms with Crippen molar-refractivity contribution in [3.8, 4) is 17.0 Å². The van der Waals surface area contributed by atoms with Crippen LogP contribution >= 0.6 is 22.9 Å². The first-order valence-corrected chi connectivity index (χ1v) is 13.3. The Hall–Kier alpha value is -3.94. The number of methoxy groups -OCH3 is 1. The summed E-state index contributed by atoms with van der Waals surface area (Å²) in [5, 5.41) is 3.58. The Balaban J connectivity index is 1.55. The number of hydrogen-bond donors (Lipinski definition) is 1. The maximum absolute atomic E-state index is 13.9. The standard InChI is InChI=1S/C30H26ClN3O3S/c1-17-5-6-21(13-18(17)2)27-16-38-30(33-27)34(29(36)20-7-9-22(31)10-8-20)28(35)15-24-19(3)32-26-12-11-23(37-4)14-25(24)26/h5-14,16,32H,15H2,1-4H3. The minimum Gasteiger partial charge on any atom is -0.497 e. The average molecular weight is 544 g/mol. The maximum Gasteiger partial charge on any atom is 0.266 e. The molecule has 6 nitrogen and oxygen atoms in total. The number of aryl methyl sites for hydroxylation is 3. The summed E-state index contributed by atoms with van der Waals surface area (Å²) in [7, 11) is 1.60. The predicted molar refractivity (Wildman–Crippen MR) is 154 cm³/mol. The van der Waals surface area contributed by atoms with Gasteiger partial charge in [-0.2, -0.15) is 0 Å². The Morgan fingerprint density at radius 2 is 1.76 bits per heavy atom. The maximum atomic E-state index is 13.9. The molecule has 8 heteroatoms. The first kappa shape index (κ1) is 25.7. The van der Waals surface area contributed by atoms with Crippen LogP contribution in [0.5, 0.6) is 5.75 Å². The molecule has 2 aromatic heterocycles. The van der Waals surface area contributed by atoms with E-state index in [1.807, 2.05) is 49.6 Å². The molecule has 0 aliphatic heterocycles. The average Bonchev–Trinajstić information content (AvgIpc) is 3.50. The molecular weight excluding hydrogens is 518 g/mol. The van der Waals surface area contributed by atoms with Gasteiger partial charge in [0.15, 0.2) is 5.13 Å². The summed E-state index contributed by atoms with van der Waals surface area (Å²) < 4.78 is 5.39. The zero-order valence-electron chi connectivity index (χ0n) is 21.5. The van der Waals surface area contributed by atoms with Crippen LogP contribution in [0, 0.1) is 20.8 Å². The predicted octanol–water partition coefficient (Wildman–Crippen LogP) is 7.29. The highest BCUT2D eigenvalue weighted by Gasteiger charge is 2.29. The number of nitrogens with one attached hydrogen (secondary N) is 1. The van der Waals surface area contributed by atoms with Crippen molar-refractivity contribution in [1.82, 2.24) is 9.97 Å². The van der Waals surface area contributed by atoms with E-state index in [0.717, 1.165) is 33.3 Å². The number of thiazole rings is 1. The van der Waals surface area contributed by atoms with Gasteiger partial charge in [0.1, 0.15) is 5.75 Å². The summed E-state index contributed by atoms with van der Waals surface area (Å²) in [6.07, 6.45) is 0.0108. The van der Waals surface area contributed by atoms with Crippen LogP contribution in [0.2, 0.25) is 5.02 Å². The monoisotopic (exact) mass is 543 g/mol. The lowest BCUT2D eigenvalue weighted by Crippen LogP contribution is -2.38. The molecule has 192 valence electrons. The summed E-state index contributed by atoms with van der Waals surface area (Å²) >= 11 is 7.31. The minimum absolute atomic E-state index is 0.0108. The number of rotatable bonds is 6. The van der Waals surface area contributed by atoms with Crippen LogP contribution in [-0.4, -0.2) is 28.9 Å². The van der Waals surface area contributed by atoms with Gasteiger partial charge in [0, 0.05) is 38.1 Å². The van der Waals surface area contributed by atoms with Crippen molar-refractivity contribution in [2.24, 2.45) is 0 Å². The second-order valence-corrected chi connectivity index (χ2v) is 10.4. The van der Waals surface area contributed by atoms with E-state index in [1.165, 1.54) is 21.8 Å². The van der Waals surface area contributed by atoms with Crippen LogP contribution in [0.1, 0.15) is 32.7 Å². The van der Waals surface area contributed by atoms with Crippen LogP contribution in [0.25, 0.3) is 22.2 Å². The number of imide groups is 1. The van der Waals surface area contributed by atoms with Crippen molar-refractivity contribution in [2.45, 2.75) is 27.2 Å². The number of nitrogens with zero attached hydrogens (tertiary/aromatic N) is 2. The number of anilines is 1. The number of benzene rings is 3. The van der Waals surface area contributed by atoms with Gasteiger partial charge in [-0.25, -0.2) is 9.88 Å². The van der Waals surface area contributed by atoms with Gasteiger partial charge in [-0.1, -0.05) is 23.7 Å². The third-order valence-corrected chi connectivity index (χ3v) is 7.76. The van der Waals surface area contributed by atoms with Gasteiger partial charge in [0.2, 0.25) is 5.91 Å². The highest BCUT2D eigenvalue weighted by molar-refractivity contribution is 7.14. The third kappa shape index (κ3) is 4.95. The Labute approximate surface area is 229 Å². The Kier molecular flexibility index (Phi) is 7.06. The lowest BCUT2D eigenvalue weighted by molar-refractivity contribution is -0.117. The molecule has 5 aromatic rings. The zero-order chi connectivity index (χ0) is 27.0.